The van der Waals surface area contributed by atoms with E-state index < -0.39 is 5.60 Å². The van der Waals surface area contributed by atoms with Gasteiger partial charge in [-0.15, -0.1) is 0 Å². The van der Waals surface area contributed by atoms with E-state index in [-0.39, 0.29) is 18.2 Å². The number of piperidine rings is 1. The second-order valence-electron chi connectivity index (χ2n) is 7.34. The third-order valence-electron chi connectivity index (χ3n) is 3.86. The van der Waals surface area contributed by atoms with Crippen LogP contribution in [0.2, 0.25) is 0 Å². The van der Waals surface area contributed by atoms with E-state index in [1.165, 1.54) is 0 Å². The van der Waals surface area contributed by atoms with E-state index in [0.29, 0.717) is 19.6 Å². The smallest absolute Gasteiger partial charge is 0.410 e. The number of hydrogen-bond donors (Lipinski definition) is 2. The summed E-state index contributed by atoms with van der Waals surface area (Å²) < 4.78 is 5.37. The van der Waals surface area contributed by atoms with Crippen molar-refractivity contribution in [2.75, 3.05) is 13.1 Å². The van der Waals surface area contributed by atoms with Gasteiger partial charge in [0, 0.05) is 24.8 Å². The Kier molecular flexibility index (Phi) is 6.22. The molecular formula is C18H28N4O3. The van der Waals surface area contributed by atoms with Crippen LogP contribution in [0.3, 0.4) is 0 Å². The molecule has 1 aliphatic rings. The lowest BCUT2D eigenvalue weighted by Gasteiger charge is -2.33. The number of aryl methyl sites for hydroxylation is 1. The first-order valence-electron chi connectivity index (χ1n) is 8.68. The minimum absolute atomic E-state index is 0.0594. The van der Waals surface area contributed by atoms with Gasteiger partial charge in [0.2, 0.25) is 0 Å². The second-order valence-corrected chi connectivity index (χ2v) is 7.34. The van der Waals surface area contributed by atoms with Crippen molar-refractivity contribution in [2.45, 2.75) is 58.7 Å². The van der Waals surface area contributed by atoms with Crippen LogP contribution in [0.1, 0.15) is 45.0 Å². The van der Waals surface area contributed by atoms with E-state index in [9.17, 15) is 9.59 Å². The fraction of sp³-hybridized carbons (Fsp3) is 0.611. The van der Waals surface area contributed by atoms with Crippen molar-refractivity contribution in [1.29, 1.82) is 0 Å². The van der Waals surface area contributed by atoms with Gasteiger partial charge in [-0.3, -0.25) is 4.98 Å². The lowest BCUT2D eigenvalue weighted by atomic mass is 10.1. The predicted octanol–water partition coefficient (Wildman–Crippen LogP) is 2.59. The van der Waals surface area contributed by atoms with Gasteiger partial charge in [-0.1, -0.05) is 6.07 Å². The quantitative estimate of drug-likeness (QED) is 0.879. The van der Waals surface area contributed by atoms with E-state index in [1.54, 1.807) is 4.90 Å². The van der Waals surface area contributed by atoms with Gasteiger partial charge in [-0.2, -0.15) is 0 Å². The number of likely N-dealkylation sites (tertiary alicyclic amines) is 1. The summed E-state index contributed by atoms with van der Waals surface area (Å²) in [7, 11) is 0. The maximum absolute atomic E-state index is 12.0. The van der Waals surface area contributed by atoms with Crippen LogP contribution >= 0.6 is 0 Å². The van der Waals surface area contributed by atoms with Crippen LogP contribution in [0.15, 0.2) is 18.2 Å². The van der Waals surface area contributed by atoms with Crippen LogP contribution in [0.4, 0.5) is 9.59 Å². The summed E-state index contributed by atoms with van der Waals surface area (Å²) in [6.45, 7) is 9.04. The minimum atomic E-state index is -0.490. The Hall–Kier alpha value is -2.31. The van der Waals surface area contributed by atoms with Gasteiger partial charge in [-0.05, 0) is 52.7 Å². The number of rotatable bonds is 3. The Balaban J connectivity index is 1.70. The first-order chi connectivity index (χ1) is 11.7. The fourth-order valence-corrected chi connectivity index (χ4v) is 2.64. The molecule has 0 radical (unpaired) electrons. The van der Waals surface area contributed by atoms with Crippen molar-refractivity contribution in [3.63, 3.8) is 0 Å². The monoisotopic (exact) mass is 348 g/mol. The van der Waals surface area contributed by atoms with E-state index in [1.807, 2.05) is 45.9 Å². The minimum Gasteiger partial charge on any atom is -0.444 e. The molecule has 1 saturated heterocycles. The lowest BCUT2D eigenvalue weighted by Crippen LogP contribution is -2.49. The number of aromatic nitrogens is 1. The molecule has 3 amide bonds. The van der Waals surface area contributed by atoms with Gasteiger partial charge < -0.3 is 20.3 Å². The maximum atomic E-state index is 12.0. The van der Waals surface area contributed by atoms with Crippen LogP contribution in [-0.2, 0) is 11.3 Å². The number of nitrogens with zero attached hydrogens (tertiary/aromatic N) is 2. The summed E-state index contributed by atoms with van der Waals surface area (Å²) in [5.41, 5.74) is 1.26. The summed E-state index contributed by atoms with van der Waals surface area (Å²) in [5.74, 6) is 0. The molecule has 2 N–H and O–H groups in total. The number of urea groups is 1. The second kappa shape index (κ2) is 8.18. The largest absolute Gasteiger partial charge is 0.444 e. The average Bonchev–Trinajstić information content (AvgIpc) is 2.52. The zero-order valence-electron chi connectivity index (χ0n) is 15.5. The molecule has 0 atom stereocenters. The number of carbonyl (C=O) groups is 2. The molecular weight excluding hydrogens is 320 g/mol. The Bertz CT molecular complexity index is 605. The molecule has 0 spiro atoms. The van der Waals surface area contributed by atoms with E-state index in [2.05, 4.69) is 15.6 Å². The Morgan fingerprint density at radius 3 is 2.56 bits per heavy atom. The van der Waals surface area contributed by atoms with Crippen molar-refractivity contribution >= 4 is 12.1 Å². The highest BCUT2D eigenvalue weighted by Gasteiger charge is 2.27. The van der Waals surface area contributed by atoms with Gasteiger partial charge in [-0.25, -0.2) is 9.59 Å². The van der Waals surface area contributed by atoms with Crippen molar-refractivity contribution < 1.29 is 14.3 Å². The van der Waals surface area contributed by atoms with Crippen LogP contribution < -0.4 is 10.6 Å². The molecule has 1 aliphatic heterocycles. The molecule has 138 valence electrons. The third-order valence-corrected chi connectivity index (χ3v) is 3.86. The number of pyridine rings is 1. The molecule has 7 heteroatoms. The van der Waals surface area contributed by atoms with Crippen molar-refractivity contribution in [1.82, 2.24) is 20.5 Å². The van der Waals surface area contributed by atoms with E-state index in [0.717, 1.165) is 24.2 Å². The number of nitrogens with one attached hydrogen (secondary N) is 2. The normalized spacial score (nSPS) is 15.6. The third kappa shape index (κ3) is 6.60. The van der Waals surface area contributed by atoms with Gasteiger partial charge in [0.1, 0.15) is 5.60 Å². The van der Waals surface area contributed by atoms with Crippen molar-refractivity contribution in [3.05, 3.63) is 29.6 Å². The molecule has 1 aromatic heterocycles. The van der Waals surface area contributed by atoms with Crippen molar-refractivity contribution in [2.24, 2.45) is 0 Å². The molecule has 1 fully saturated rings. The van der Waals surface area contributed by atoms with Crippen LogP contribution in [-0.4, -0.2) is 46.7 Å². The van der Waals surface area contributed by atoms with Crippen LogP contribution in [0.25, 0.3) is 0 Å². The molecule has 2 heterocycles. The zero-order valence-corrected chi connectivity index (χ0v) is 15.5. The van der Waals surface area contributed by atoms with Gasteiger partial charge in [0.05, 0.1) is 12.2 Å². The first-order valence-corrected chi connectivity index (χ1v) is 8.68. The molecule has 0 aliphatic carbocycles. The summed E-state index contributed by atoms with van der Waals surface area (Å²) in [4.78, 5) is 30.1. The van der Waals surface area contributed by atoms with Gasteiger partial charge >= 0.3 is 12.1 Å². The molecule has 0 unspecified atom stereocenters. The number of hydrogen-bond acceptors (Lipinski definition) is 4. The topological polar surface area (TPSA) is 83.6 Å². The molecule has 1 aromatic rings. The zero-order chi connectivity index (χ0) is 18.4. The summed E-state index contributed by atoms with van der Waals surface area (Å²) in [6.07, 6.45) is 1.14. The number of ether oxygens (including phenoxy) is 1. The lowest BCUT2D eigenvalue weighted by molar-refractivity contribution is 0.0201. The standard InChI is InChI=1S/C18H28N4O3/c1-13-6-5-7-15(20-13)12-19-16(23)21-14-8-10-22(11-9-14)17(24)25-18(2,3)4/h5-7,14H,8-12H2,1-4H3,(H2,19,21,23). The highest BCUT2D eigenvalue weighted by Crippen LogP contribution is 2.15. The Morgan fingerprint density at radius 1 is 1.28 bits per heavy atom. The van der Waals surface area contributed by atoms with E-state index in [4.69, 9.17) is 4.74 Å². The SMILES string of the molecule is Cc1cccc(CNC(=O)NC2CCN(C(=O)OC(C)(C)C)CC2)n1. The molecule has 2 rings (SSSR count). The highest BCUT2D eigenvalue weighted by molar-refractivity contribution is 5.74. The Labute approximate surface area is 149 Å². The number of carbonyl (C=O) groups excluding carboxylic acids is 2. The molecule has 0 saturated carbocycles. The van der Waals surface area contributed by atoms with Crippen LogP contribution in [0, 0.1) is 6.92 Å². The first kappa shape index (κ1) is 19.0. The maximum Gasteiger partial charge on any atom is 0.410 e. The molecule has 25 heavy (non-hydrogen) atoms. The fourth-order valence-electron chi connectivity index (χ4n) is 2.64. The van der Waals surface area contributed by atoms with E-state index >= 15 is 0 Å². The molecule has 0 aromatic carbocycles. The predicted molar refractivity (Wildman–Crippen MR) is 95.2 cm³/mol. The van der Waals surface area contributed by atoms with Gasteiger partial charge in [0.15, 0.2) is 0 Å². The molecule has 7 nitrogen and oxygen atoms in total. The van der Waals surface area contributed by atoms with Crippen molar-refractivity contribution in [3.8, 4) is 0 Å². The molecule has 0 bridgehead atoms. The average molecular weight is 348 g/mol. The summed E-state index contributed by atoms with van der Waals surface area (Å²) in [5, 5.41) is 5.78. The highest BCUT2D eigenvalue weighted by atomic mass is 16.6. The summed E-state index contributed by atoms with van der Waals surface area (Å²) >= 11 is 0. The van der Waals surface area contributed by atoms with Crippen LogP contribution in [0.5, 0.6) is 0 Å². The van der Waals surface area contributed by atoms with Gasteiger partial charge in [0.25, 0.3) is 0 Å². The number of amides is 3. The Morgan fingerprint density at radius 2 is 1.96 bits per heavy atom. The summed E-state index contributed by atoms with van der Waals surface area (Å²) in [6, 6.07) is 5.57.